The zero-order valence-corrected chi connectivity index (χ0v) is 11.4. The van der Waals surface area contributed by atoms with Gasteiger partial charge in [0.1, 0.15) is 0 Å². The van der Waals surface area contributed by atoms with E-state index in [1.165, 1.54) is 32.1 Å². The molecule has 3 nitrogen and oxygen atoms in total. The van der Waals surface area contributed by atoms with Crippen molar-refractivity contribution >= 4 is 5.95 Å². The Morgan fingerprint density at radius 2 is 2.06 bits per heavy atom. The number of aromatic nitrogens is 2. The van der Waals surface area contributed by atoms with Gasteiger partial charge in [0.15, 0.2) is 0 Å². The van der Waals surface area contributed by atoms with Crippen molar-refractivity contribution in [3.05, 3.63) is 11.9 Å². The van der Waals surface area contributed by atoms with Crippen molar-refractivity contribution in [1.82, 2.24) is 9.55 Å². The van der Waals surface area contributed by atoms with E-state index in [0.29, 0.717) is 6.04 Å². The molecule has 0 atom stereocenters. The van der Waals surface area contributed by atoms with Crippen LogP contribution >= 0.6 is 0 Å². The summed E-state index contributed by atoms with van der Waals surface area (Å²) in [6.45, 7) is 7.53. The molecule has 1 saturated carbocycles. The minimum Gasteiger partial charge on any atom is -0.353 e. The van der Waals surface area contributed by atoms with Crippen molar-refractivity contribution in [2.75, 3.05) is 5.32 Å². The van der Waals surface area contributed by atoms with Gasteiger partial charge in [-0.2, -0.15) is 0 Å². The number of nitrogens with one attached hydrogen (secondary N) is 1. The fourth-order valence-corrected chi connectivity index (χ4v) is 2.71. The Balaban J connectivity index is 2.02. The van der Waals surface area contributed by atoms with Crippen LogP contribution in [-0.4, -0.2) is 15.6 Å². The number of anilines is 1. The van der Waals surface area contributed by atoms with E-state index < -0.39 is 0 Å². The van der Waals surface area contributed by atoms with E-state index in [9.17, 15) is 0 Å². The molecule has 1 aliphatic carbocycles. The Bertz CT molecular complexity index is 348. The number of aryl methyl sites for hydroxylation is 1. The standard InChI is InChI=1S/C14H25N3/c1-11(2)15-14-16-12(3)9-17(14)10-13-7-5-4-6-8-13/h9,11,13H,4-8,10H2,1-3H3,(H,15,16). The molecule has 1 aromatic rings. The fraction of sp³-hybridized carbons (Fsp3) is 0.786. The molecule has 17 heavy (non-hydrogen) atoms. The molecule has 2 rings (SSSR count). The molecule has 3 heteroatoms. The van der Waals surface area contributed by atoms with Crippen molar-refractivity contribution in [2.24, 2.45) is 5.92 Å². The third kappa shape index (κ3) is 3.48. The quantitative estimate of drug-likeness (QED) is 0.864. The highest BCUT2D eigenvalue weighted by atomic mass is 15.2. The van der Waals surface area contributed by atoms with Crippen LogP contribution < -0.4 is 5.32 Å². The Morgan fingerprint density at radius 1 is 1.35 bits per heavy atom. The highest BCUT2D eigenvalue weighted by Gasteiger charge is 2.16. The van der Waals surface area contributed by atoms with Crippen molar-refractivity contribution in [2.45, 2.75) is 65.5 Å². The van der Waals surface area contributed by atoms with Crippen LogP contribution in [0.4, 0.5) is 5.95 Å². The monoisotopic (exact) mass is 235 g/mol. The second-order valence-corrected chi connectivity index (χ2v) is 5.66. The summed E-state index contributed by atoms with van der Waals surface area (Å²) in [7, 11) is 0. The topological polar surface area (TPSA) is 29.9 Å². The minimum atomic E-state index is 0.446. The Hall–Kier alpha value is -0.990. The van der Waals surface area contributed by atoms with E-state index in [1.54, 1.807) is 0 Å². The predicted molar refractivity (Wildman–Crippen MR) is 72.3 cm³/mol. The van der Waals surface area contributed by atoms with E-state index >= 15 is 0 Å². The van der Waals surface area contributed by atoms with Crippen LogP contribution in [0.5, 0.6) is 0 Å². The van der Waals surface area contributed by atoms with E-state index in [-0.39, 0.29) is 0 Å². The molecular weight excluding hydrogens is 210 g/mol. The lowest BCUT2D eigenvalue weighted by atomic mass is 9.89. The number of nitrogens with zero attached hydrogens (tertiary/aromatic N) is 2. The minimum absolute atomic E-state index is 0.446. The van der Waals surface area contributed by atoms with Crippen LogP contribution in [-0.2, 0) is 6.54 Å². The molecule has 0 spiro atoms. The van der Waals surface area contributed by atoms with Crippen molar-refractivity contribution in [3.8, 4) is 0 Å². The molecule has 0 amide bonds. The summed E-state index contributed by atoms with van der Waals surface area (Å²) in [5.74, 6) is 1.90. The Morgan fingerprint density at radius 3 is 2.71 bits per heavy atom. The normalized spacial score (nSPS) is 17.6. The molecule has 1 aromatic heterocycles. The van der Waals surface area contributed by atoms with Gasteiger partial charge in [-0.3, -0.25) is 0 Å². The van der Waals surface area contributed by atoms with Gasteiger partial charge in [-0.1, -0.05) is 19.3 Å². The first-order chi connectivity index (χ1) is 8.15. The van der Waals surface area contributed by atoms with Gasteiger partial charge in [0, 0.05) is 18.8 Å². The number of rotatable bonds is 4. The lowest BCUT2D eigenvalue weighted by Gasteiger charge is -2.23. The van der Waals surface area contributed by atoms with Crippen LogP contribution in [0, 0.1) is 12.8 Å². The molecule has 96 valence electrons. The molecule has 0 bridgehead atoms. The van der Waals surface area contributed by atoms with Crippen molar-refractivity contribution in [1.29, 1.82) is 0 Å². The first-order valence-corrected chi connectivity index (χ1v) is 6.95. The molecule has 0 aromatic carbocycles. The van der Waals surface area contributed by atoms with Gasteiger partial charge in [-0.15, -0.1) is 0 Å². The number of hydrogen-bond acceptors (Lipinski definition) is 2. The number of imidazole rings is 1. The van der Waals surface area contributed by atoms with Crippen LogP contribution in [0.2, 0.25) is 0 Å². The van der Waals surface area contributed by atoms with Gasteiger partial charge in [-0.05, 0) is 39.5 Å². The van der Waals surface area contributed by atoms with Gasteiger partial charge >= 0.3 is 0 Å². The maximum atomic E-state index is 4.57. The lowest BCUT2D eigenvalue weighted by molar-refractivity contribution is 0.320. The second-order valence-electron chi connectivity index (χ2n) is 5.66. The Kier molecular flexibility index (Phi) is 4.08. The Labute approximate surface area is 105 Å². The molecule has 1 N–H and O–H groups in total. The van der Waals surface area contributed by atoms with Gasteiger partial charge in [0.05, 0.1) is 5.69 Å². The molecule has 0 unspecified atom stereocenters. The summed E-state index contributed by atoms with van der Waals surface area (Å²) in [6, 6.07) is 0.446. The first-order valence-electron chi connectivity index (χ1n) is 6.95. The summed E-state index contributed by atoms with van der Waals surface area (Å²) >= 11 is 0. The lowest BCUT2D eigenvalue weighted by Crippen LogP contribution is -2.18. The maximum Gasteiger partial charge on any atom is 0.203 e. The van der Waals surface area contributed by atoms with Crippen molar-refractivity contribution < 1.29 is 0 Å². The molecule has 0 radical (unpaired) electrons. The van der Waals surface area contributed by atoms with E-state index in [1.807, 2.05) is 0 Å². The molecule has 0 saturated heterocycles. The van der Waals surface area contributed by atoms with Crippen molar-refractivity contribution in [3.63, 3.8) is 0 Å². The highest BCUT2D eigenvalue weighted by molar-refractivity contribution is 5.29. The van der Waals surface area contributed by atoms with Crippen LogP contribution in [0.15, 0.2) is 6.20 Å². The highest BCUT2D eigenvalue weighted by Crippen LogP contribution is 2.26. The van der Waals surface area contributed by atoms with Gasteiger partial charge in [0.2, 0.25) is 5.95 Å². The zero-order chi connectivity index (χ0) is 12.3. The summed E-state index contributed by atoms with van der Waals surface area (Å²) in [5, 5.41) is 3.44. The summed E-state index contributed by atoms with van der Waals surface area (Å²) < 4.78 is 2.31. The number of hydrogen-bond donors (Lipinski definition) is 1. The summed E-state index contributed by atoms with van der Waals surface area (Å²) in [6.07, 6.45) is 9.20. The average molecular weight is 235 g/mol. The van der Waals surface area contributed by atoms with E-state index in [4.69, 9.17) is 0 Å². The van der Waals surface area contributed by atoms with Crippen LogP contribution in [0.1, 0.15) is 51.6 Å². The SMILES string of the molecule is Cc1cn(CC2CCCCC2)c(NC(C)C)n1. The van der Waals surface area contributed by atoms with Crippen LogP contribution in [0.3, 0.4) is 0 Å². The average Bonchev–Trinajstić information content (AvgIpc) is 2.59. The fourth-order valence-electron chi connectivity index (χ4n) is 2.71. The maximum absolute atomic E-state index is 4.57. The third-order valence-electron chi connectivity index (χ3n) is 3.49. The largest absolute Gasteiger partial charge is 0.353 e. The molecule has 1 heterocycles. The zero-order valence-electron chi connectivity index (χ0n) is 11.4. The van der Waals surface area contributed by atoms with Gasteiger partial charge in [-0.25, -0.2) is 4.98 Å². The molecular formula is C14H25N3. The van der Waals surface area contributed by atoms with E-state index in [0.717, 1.165) is 24.1 Å². The van der Waals surface area contributed by atoms with Gasteiger partial charge in [0.25, 0.3) is 0 Å². The summed E-state index contributed by atoms with van der Waals surface area (Å²) in [4.78, 5) is 4.57. The third-order valence-corrected chi connectivity index (χ3v) is 3.49. The smallest absolute Gasteiger partial charge is 0.203 e. The second kappa shape index (κ2) is 5.56. The van der Waals surface area contributed by atoms with Crippen LogP contribution in [0.25, 0.3) is 0 Å². The van der Waals surface area contributed by atoms with Gasteiger partial charge < -0.3 is 9.88 Å². The first kappa shape index (κ1) is 12.5. The predicted octanol–water partition coefficient (Wildman–Crippen LogP) is 3.59. The molecule has 1 fully saturated rings. The molecule has 0 aliphatic heterocycles. The van der Waals surface area contributed by atoms with E-state index in [2.05, 4.69) is 41.8 Å². The summed E-state index contributed by atoms with van der Waals surface area (Å²) in [5.41, 5.74) is 1.11. The molecule has 1 aliphatic rings.